The fourth-order valence-corrected chi connectivity index (χ4v) is 3.06. The summed E-state index contributed by atoms with van der Waals surface area (Å²) in [6.45, 7) is -5.90. The maximum atomic E-state index is 12.4. The third-order valence-electron chi connectivity index (χ3n) is 4.10. The summed E-state index contributed by atoms with van der Waals surface area (Å²) in [6, 6.07) is 16.3. The van der Waals surface area contributed by atoms with Crippen LogP contribution in [0.2, 0.25) is 0 Å². The van der Waals surface area contributed by atoms with Gasteiger partial charge in [-0.2, -0.15) is 22.1 Å². The van der Waals surface area contributed by atoms with Crippen molar-refractivity contribution >= 4 is 34.3 Å². The van der Waals surface area contributed by atoms with Gasteiger partial charge in [-0.1, -0.05) is 18.3 Å². The third-order valence-corrected chi connectivity index (χ3v) is 4.40. The van der Waals surface area contributed by atoms with Crippen molar-refractivity contribution < 1.29 is 36.7 Å². The molecule has 3 aromatic rings. The molecule has 0 unspecified atom stereocenters. The lowest BCUT2D eigenvalue weighted by Gasteiger charge is -2.11. The Morgan fingerprint density at radius 3 is 1.81 bits per heavy atom. The van der Waals surface area contributed by atoms with E-state index in [-0.39, 0.29) is 27.9 Å². The Labute approximate surface area is 186 Å². The molecule has 32 heavy (non-hydrogen) atoms. The number of benzene rings is 2. The Bertz CT molecular complexity index is 1080. The van der Waals surface area contributed by atoms with Gasteiger partial charge in [0.2, 0.25) is 0 Å². The predicted octanol–water partition coefficient (Wildman–Crippen LogP) is 5.50. The molecule has 3 rings (SSSR count). The molecule has 10 heteroatoms. The zero-order valence-corrected chi connectivity index (χ0v) is 17.1. The second-order valence-electron chi connectivity index (χ2n) is 6.24. The number of aliphatic hydroxyl groups is 1. The predicted molar refractivity (Wildman–Crippen MR) is 115 cm³/mol. The summed E-state index contributed by atoms with van der Waals surface area (Å²) in [5, 5.41) is 13.9. The topological polar surface area (TPSA) is 54.6 Å². The lowest BCUT2D eigenvalue weighted by Crippen LogP contribution is -2.38. The first-order chi connectivity index (χ1) is 15.3. The molecule has 0 saturated heterocycles. The molecule has 1 aromatic heterocycles. The molecule has 0 spiro atoms. The van der Waals surface area contributed by atoms with Crippen molar-refractivity contribution in [3.05, 3.63) is 84.7 Å². The first-order valence-electron chi connectivity index (χ1n) is 9.15. The Kier molecular flexibility index (Phi) is 7.61. The van der Waals surface area contributed by atoms with Gasteiger partial charge in [0.15, 0.2) is 23.1 Å². The summed E-state index contributed by atoms with van der Waals surface area (Å²) in [7, 11) is 0. The molecule has 5 nitrogen and oxygen atoms in total. The zero-order chi connectivity index (χ0) is 23.1. The number of anilines is 1. The van der Waals surface area contributed by atoms with E-state index in [2.05, 4.69) is 14.8 Å². The van der Waals surface area contributed by atoms with Gasteiger partial charge < -0.3 is 19.9 Å². The zero-order valence-electron chi connectivity index (χ0n) is 16.3. The summed E-state index contributed by atoms with van der Waals surface area (Å²) in [5.74, 6) is -0.296. The minimum atomic E-state index is -2.96. The van der Waals surface area contributed by atoms with Crippen LogP contribution in [0.15, 0.2) is 79.1 Å². The van der Waals surface area contributed by atoms with E-state index < -0.39 is 13.2 Å². The molecular formula is C22H17F4N2O3S+. The maximum absolute atomic E-state index is 12.4. The molecular weight excluding hydrogens is 448 g/mol. The molecule has 166 valence electrons. The van der Waals surface area contributed by atoms with Crippen LogP contribution in [-0.2, 0) is 0 Å². The average Bonchev–Trinajstić information content (AvgIpc) is 2.76. The molecule has 0 saturated carbocycles. The highest BCUT2D eigenvalue weighted by Gasteiger charge is 2.24. The van der Waals surface area contributed by atoms with Crippen molar-refractivity contribution in [3.8, 4) is 11.5 Å². The minimum Gasteiger partial charge on any atom is -0.502 e. The van der Waals surface area contributed by atoms with E-state index in [4.69, 9.17) is 12.2 Å². The number of halogens is 4. The van der Waals surface area contributed by atoms with E-state index in [1.807, 2.05) is 0 Å². The van der Waals surface area contributed by atoms with Crippen LogP contribution in [0.25, 0.3) is 11.5 Å². The quantitative estimate of drug-likeness (QED) is 0.151. The van der Waals surface area contributed by atoms with Crippen LogP contribution in [0.1, 0.15) is 5.56 Å². The van der Waals surface area contributed by atoms with Gasteiger partial charge in [0.25, 0.3) is 5.70 Å². The van der Waals surface area contributed by atoms with E-state index in [9.17, 15) is 22.7 Å². The molecule has 0 aliphatic carbocycles. The highest BCUT2D eigenvalue weighted by molar-refractivity contribution is 7.81. The standard InChI is InChI=1S/C22H16F4N2O3S/c23-21(24)30-16-8-4-14(5-9-16)19(29)18(28-12-2-1-3-13-28)20(32)27-15-6-10-17(11-7-15)31-22(25)26/h1-13,21-22H,(H-,27,29,32)/p+1. The van der Waals surface area contributed by atoms with Crippen LogP contribution in [0, 0.1) is 0 Å². The summed E-state index contributed by atoms with van der Waals surface area (Å²) in [5.41, 5.74) is 0.984. The van der Waals surface area contributed by atoms with E-state index in [1.165, 1.54) is 48.5 Å². The van der Waals surface area contributed by atoms with Crippen molar-refractivity contribution in [2.24, 2.45) is 0 Å². The minimum absolute atomic E-state index is 0.0152. The molecule has 2 aromatic carbocycles. The lowest BCUT2D eigenvalue weighted by atomic mass is 10.1. The van der Waals surface area contributed by atoms with Crippen molar-refractivity contribution in [2.45, 2.75) is 13.2 Å². The van der Waals surface area contributed by atoms with Crippen molar-refractivity contribution in [2.75, 3.05) is 5.32 Å². The smallest absolute Gasteiger partial charge is 0.387 e. The number of nitrogens with zero attached hydrogens (tertiary/aromatic N) is 1. The van der Waals surface area contributed by atoms with Gasteiger partial charge in [-0.05, 0) is 48.5 Å². The van der Waals surface area contributed by atoms with Gasteiger partial charge in [0, 0.05) is 23.4 Å². The number of pyridine rings is 1. The molecule has 0 atom stereocenters. The number of hydrogen-bond donors (Lipinski definition) is 2. The lowest BCUT2D eigenvalue weighted by molar-refractivity contribution is -0.575. The first-order valence-corrected chi connectivity index (χ1v) is 9.55. The van der Waals surface area contributed by atoms with Crippen LogP contribution >= 0.6 is 12.2 Å². The van der Waals surface area contributed by atoms with E-state index in [1.54, 1.807) is 35.2 Å². The highest BCUT2D eigenvalue weighted by atomic mass is 32.1. The van der Waals surface area contributed by atoms with Gasteiger partial charge in [0.05, 0.1) is 0 Å². The largest absolute Gasteiger partial charge is 0.502 e. The molecule has 0 aliphatic rings. The van der Waals surface area contributed by atoms with Crippen LogP contribution in [0.5, 0.6) is 11.5 Å². The fourth-order valence-electron chi connectivity index (χ4n) is 2.74. The number of aromatic nitrogens is 1. The molecule has 0 fully saturated rings. The summed E-state index contributed by atoms with van der Waals surface area (Å²) in [6.07, 6.45) is 3.32. The Balaban J connectivity index is 1.91. The van der Waals surface area contributed by atoms with Crippen LogP contribution in [0.4, 0.5) is 23.2 Å². The molecule has 0 bridgehead atoms. The molecule has 2 N–H and O–H groups in total. The molecule has 1 heterocycles. The number of hydrogen-bond acceptors (Lipinski definition) is 4. The van der Waals surface area contributed by atoms with Crippen molar-refractivity contribution in [3.63, 3.8) is 0 Å². The number of thiocarbonyl (C=S) groups is 1. The maximum Gasteiger partial charge on any atom is 0.387 e. The summed E-state index contributed by atoms with van der Waals surface area (Å²) in [4.78, 5) is 0.120. The van der Waals surface area contributed by atoms with E-state index in [0.717, 1.165) is 0 Å². The normalized spacial score (nSPS) is 11.8. The van der Waals surface area contributed by atoms with Gasteiger partial charge in [-0.25, -0.2) is 0 Å². The number of rotatable bonds is 8. The summed E-state index contributed by atoms with van der Waals surface area (Å²) < 4.78 is 59.6. The van der Waals surface area contributed by atoms with Crippen LogP contribution in [0.3, 0.4) is 0 Å². The Hall–Kier alpha value is -3.66. The number of nitrogens with one attached hydrogen (secondary N) is 1. The second kappa shape index (κ2) is 10.6. The van der Waals surface area contributed by atoms with Gasteiger partial charge in [-0.15, -0.1) is 0 Å². The van der Waals surface area contributed by atoms with E-state index in [0.29, 0.717) is 11.3 Å². The SMILES string of the molecule is O/C(=C(\C(=S)Nc1ccc(OC(F)F)cc1)[n+]1ccccc1)c1ccc(OC(F)F)cc1. The third kappa shape index (κ3) is 6.17. The Morgan fingerprint density at radius 2 is 1.31 bits per heavy atom. The van der Waals surface area contributed by atoms with Crippen LogP contribution in [-0.4, -0.2) is 23.3 Å². The van der Waals surface area contributed by atoms with Crippen molar-refractivity contribution in [1.82, 2.24) is 0 Å². The molecule has 0 aliphatic heterocycles. The monoisotopic (exact) mass is 465 g/mol. The number of alkyl halides is 4. The number of ether oxygens (including phenoxy) is 2. The summed E-state index contributed by atoms with van der Waals surface area (Å²) >= 11 is 5.48. The van der Waals surface area contributed by atoms with Gasteiger partial charge in [0.1, 0.15) is 11.5 Å². The van der Waals surface area contributed by atoms with Gasteiger partial charge >= 0.3 is 13.2 Å². The molecule has 0 radical (unpaired) electrons. The first kappa shape index (κ1) is 23.0. The van der Waals surface area contributed by atoms with Gasteiger partial charge in [-0.3, -0.25) is 0 Å². The highest BCUT2D eigenvalue weighted by Crippen LogP contribution is 2.23. The number of aliphatic hydroxyl groups excluding tert-OH is 1. The van der Waals surface area contributed by atoms with Crippen molar-refractivity contribution in [1.29, 1.82) is 0 Å². The fraction of sp³-hybridized carbons (Fsp3) is 0.0909. The second-order valence-corrected chi connectivity index (χ2v) is 6.65. The van der Waals surface area contributed by atoms with E-state index >= 15 is 0 Å². The average molecular weight is 465 g/mol. The Morgan fingerprint density at radius 1 is 0.812 bits per heavy atom. The molecule has 0 amide bonds. The van der Waals surface area contributed by atoms with Crippen LogP contribution < -0.4 is 19.4 Å².